The molecular formula is C25H18Cl2FN3O4. The fourth-order valence-corrected chi connectivity index (χ4v) is 3.73. The molecule has 4 rings (SSSR count). The van der Waals surface area contributed by atoms with Crippen LogP contribution in [0.4, 0.5) is 14.9 Å². The van der Waals surface area contributed by atoms with Crippen LogP contribution in [0.3, 0.4) is 0 Å². The minimum Gasteiger partial charge on any atom is -0.482 e. The summed E-state index contributed by atoms with van der Waals surface area (Å²) in [4.78, 5) is 38.2. The van der Waals surface area contributed by atoms with E-state index in [0.29, 0.717) is 16.1 Å². The largest absolute Gasteiger partial charge is 0.482 e. The van der Waals surface area contributed by atoms with E-state index in [9.17, 15) is 18.8 Å². The molecule has 2 N–H and O–H groups in total. The lowest BCUT2D eigenvalue weighted by molar-refractivity contribution is -0.123. The summed E-state index contributed by atoms with van der Waals surface area (Å²) in [6.07, 6.45) is 1.48. The van der Waals surface area contributed by atoms with Gasteiger partial charge >= 0.3 is 6.03 Å². The van der Waals surface area contributed by atoms with E-state index in [-0.39, 0.29) is 35.3 Å². The molecule has 0 unspecified atom stereocenters. The highest BCUT2D eigenvalue weighted by Crippen LogP contribution is 2.27. The molecule has 3 aromatic carbocycles. The van der Waals surface area contributed by atoms with Gasteiger partial charge in [-0.15, -0.1) is 0 Å². The number of carbonyl (C=O) groups is 3. The smallest absolute Gasteiger partial charge is 0.329 e. The Morgan fingerprint density at radius 3 is 2.51 bits per heavy atom. The van der Waals surface area contributed by atoms with Crippen molar-refractivity contribution in [2.45, 2.75) is 6.54 Å². The van der Waals surface area contributed by atoms with Gasteiger partial charge in [0.1, 0.15) is 17.3 Å². The van der Waals surface area contributed by atoms with Crippen LogP contribution >= 0.6 is 23.2 Å². The third kappa shape index (κ3) is 5.79. The maximum atomic E-state index is 13.7. The topological polar surface area (TPSA) is 87.7 Å². The highest BCUT2D eigenvalue weighted by molar-refractivity contribution is 6.32. The van der Waals surface area contributed by atoms with Gasteiger partial charge in [0.15, 0.2) is 6.61 Å². The molecule has 178 valence electrons. The first-order chi connectivity index (χ1) is 16.8. The molecule has 3 aromatic rings. The summed E-state index contributed by atoms with van der Waals surface area (Å²) in [5.74, 6) is -1.40. The third-order valence-corrected chi connectivity index (χ3v) is 5.69. The number of hydrogen-bond donors (Lipinski definition) is 2. The molecular weight excluding hydrogens is 496 g/mol. The van der Waals surface area contributed by atoms with Gasteiger partial charge in [-0.2, -0.15) is 0 Å². The van der Waals surface area contributed by atoms with Gasteiger partial charge in [0.05, 0.1) is 17.3 Å². The SMILES string of the molecule is O=C(COc1ccc(/C=C2\NC(=O)N(Cc3ccccc3Cl)C2=O)cc1Cl)Nc1ccccc1F. The highest BCUT2D eigenvalue weighted by Gasteiger charge is 2.33. The van der Waals surface area contributed by atoms with E-state index in [1.54, 1.807) is 36.4 Å². The minimum atomic E-state index is -0.562. The number of amides is 4. The molecule has 0 spiro atoms. The van der Waals surface area contributed by atoms with E-state index in [4.69, 9.17) is 27.9 Å². The molecule has 10 heteroatoms. The van der Waals surface area contributed by atoms with E-state index >= 15 is 0 Å². The molecule has 4 amide bonds. The van der Waals surface area contributed by atoms with Gasteiger partial charge in [0.25, 0.3) is 11.8 Å². The molecule has 0 saturated carbocycles. The molecule has 1 aliphatic heterocycles. The standard InChI is InChI=1S/C25H18Cl2FN3O4/c26-17-6-2-1-5-16(17)13-31-24(33)21(30-25(31)34)12-15-9-10-22(18(27)11-15)35-14-23(32)29-20-8-4-3-7-19(20)28/h1-12H,13-14H2,(H,29,32)(H,30,34)/b21-12-. The summed E-state index contributed by atoms with van der Waals surface area (Å²) in [5.41, 5.74) is 1.29. The van der Waals surface area contributed by atoms with Gasteiger partial charge < -0.3 is 15.4 Å². The zero-order valence-electron chi connectivity index (χ0n) is 18.1. The number of halogens is 3. The van der Waals surface area contributed by atoms with Gasteiger partial charge in [-0.1, -0.05) is 59.6 Å². The average Bonchev–Trinajstić information content (AvgIpc) is 3.08. The molecule has 35 heavy (non-hydrogen) atoms. The number of carbonyl (C=O) groups excluding carboxylic acids is 3. The highest BCUT2D eigenvalue weighted by atomic mass is 35.5. The normalized spacial score (nSPS) is 14.3. The number of anilines is 1. The van der Waals surface area contributed by atoms with Crippen molar-refractivity contribution in [1.29, 1.82) is 0 Å². The molecule has 1 saturated heterocycles. The Hall–Kier alpha value is -3.88. The van der Waals surface area contributed by atoms with Gasteiger partial charge in [-0.25, -0.2) is 9.18 Å². The molecule has 1 fully saturated rings. The molecule has 0 radical (unpaired) electrons. The summed E-state index contributed by atoms with van der Waals surface area (Å²) >= 11 is 12.4. The van der Waals surface area contributed by atoms with Crippen molar-refractivity contribution >= 4 is 52.8 Å². The molecule has 0 aromatic heterocycles. The summed E-state index contributed by atoms with van der Waals surface area (Å²) in [7, 11) is 0. The monoisotopic (exact) mass is 513 g/mol. The fourth-order valence-electron chi connectivity index (χ4n) is 3.29. The molecule has 7 nitrogen and oxygen atoms in total. The second kappa shape index (κ2) is 10.6. The summed E-state index contributed by atoms with van der Waals surface area (Å²) in [6.45, 7) is -0.357. The van der Waals surface area contributed by atoms with E-state index in [1.807, 2.05) is 0 Å². The van der Waals surface area contributed by atoms with Crippen molar-refractivity contribution in [3.8, 4) is 5.75 Å². The van der Waals surface area contributed by atoms with Crippen LogP contribution in [0, 0.1) is 5.82 Å². The first-order valence-corrected chi connectivity index (χ1v) is 11.1. The Labute approximate surface area is 210 Å². The maximum absolute atomic E-state index is 13.7. The van der Waals surface area contributed by atoms with Crippen LogP contribution < -0.4 is 15.4 Å². The van der Waals surface area contributed by atoms with E-state index in [0.717, 1.165) is 4.90 Å². The lowest BCUT2D eigenvalue weighted by Gasteiger charge is -2.12. The molecule has 0 bridgehead atoms. The van der Waals surface area contributed by atoms with Crippen LogP contribution in [0.5, 0.6) is 5.75 Å². The fraction of sp³-hybridized carbons (Fsp3) is 0.0800. The Morgan fingerprint density at radius 1 is 1.03 bits per heavy atom. The number of urea groups is 1. The minimum absolute atomic E-state index is 0.0319. The number of imide groups is 1. The zero-order chi connectivity index (χ0) is 24.9. The Bertz CT molecular complexity index is 1350. The van der Waals surface area contributed by atoms with Crippen molar-refractivity contribution in [3.63, 3.8) is 0 Å². The van der Waals surface area contributed by atoms with Crippen LogP contribution in [0.1, 0.15) is 11.1 Å². The zero-order valence-corrected chi connectivity index (χ0v) is 19.6. The van der Waals surface area contributed by atoms with Crippen molar-refractivity contribution in [1.82, 2.24) is 10.2 Å². The van der Waals surface area contributed by atoms with E-state index < -0.39 is 23.7 Å². The summed E-state index contributed by atoms with van der Waals surface area (Å²) in [6, 6.07) is 16.8. The van der Waals surface area contributed by atoms with Gasteiger partial charge in [0, 0.05) is 5.02 Å². The molecule has 0 atom stereocenters. The number of benzene rings is 3. The number of hydrogen-bond acceptors (Lipinski definition) is 4. The number of rotatable bonds is 7. The van der Waals surface area contributed by atoms with Crippen LogP contribution in [0.15, 0.2) is 72.4 Å². The lowest BCUT2D eigenvalue weighted by atomic mass is 10.1. The summed E-state index contributed by atoms with van der Waals surface area (Å²) in [5, 5.41) is 5.59. The average molecular weight is 514 g/mol. The Morgan fingerprint density at radius 2 is 1.77 bits per heavy atom. The van der Waals surface area contributed by atoms with Gasteiger partial charge in [-0.05, 0) is 47.5 Å². The predicted molar refractivity (Wildman–Crippen MR) is 130 cm³/mol. The van der Waals surface area contributed by atoms with Crippen molar-refractivity contribution in [2.75, 3.05) is 11.9 Å². The number of para-hydroxylation sites is 1. The quantitative estimate of drug-likeness (QED) is 0.334. The second-order valence-corrected chi connectivity index (χ2v) is 8.29. The van der Waals surface area contributed by atoms with Crippen LogP contribution in [-0.4, -0.2) is 29.4 Å². The Kier molecular flexibility index (Phi) is 7.33. The molecule has 1 heterocycles. The van der Waals surface area contributed by atoms with Crippen LogP contribution in [0.2, 0.25) is 10.0 Å². The van der Waals surface area contributed by atoms with E-state index in [2.05, 4.69) is 10.6 Å². The maximum Gasteiger partial charge on any atom is 0.329 e. The number of nitrogens with one attached hydrogen (secondary N) is 2. The van der Waals surface area contributed by atoms with Gasteiger partial charge in [0.2, 0.25) is 0 Å². The second-order valence-electron chi connectivity index (χ2n) is 7.48. The van der Waals surface area contributed by atoms with Gasteiger partial charge in [-0.3, -0.25) is 14.5 Å². The van der Waals surface area contributed by atoms with Crippen molar-refractivity contribution in [3.05, 3.63) is 99.4 Å². The third-order valence-electron chi connectivity index (χ3n) is 5.02. The Balaban J connectivity index is 1.40. The van der Waals surface area contributed by atoms with Crippen molar-refractivity contribution in [2.24, 2.45) is 0 Å². The van der Waals surface area contributed by atoms with E-state index in [1.165, 1.54) is 36.4 Å². The number of ether oxygens (including phenoxy) is 1. The summed E-state index contributed by atoms with van der Waals surface area (Å²) < 4.78 is 19.1. The first-order valence-electron chi connectivity index (χ1n) is 10.4. The van der Waals surface area contributed by atoms with Crippen LogP contribution in [0.25, 0.3) is 6.08 Å². The first kappa shape index (κ1) is 24.3. The predicted octanol–water partition coefficient (Wildman–Crippen LogP) is 5.24. The lowest BCUT2D eigenvalue weighted by Crippen LogP contribution is -2.30. The number of nitrogens with zero attached hydrogens (tertiary/aromatic N) is 1. The van der Waals surface area contributed by atoms with Crippen LogP contribution in [-0.2, 0) is 16.1 Å². The molecule has 1 aliphatic rings. The molecule has 0 aliphatic carbocycles. The van der Waals surface area contributed by atoms with Crippen molar-refractivity contribution < 1.29 is 23.5 Å².